The van der Waals surface area contributed by atoms with Gasteiger partial charge in [0.15, 0.2) is 0 Å². The molecule has 0 nitrogen and oxygen atoms in total. The lowest BCUT2D eigenvalue weighted by Gasteiger charge is -2.00. The topological polar surface area (TPSA) is 0 Å². The van der Waals surface area contributed by atoms with Crippen LogP contribution in [0.4, 0.5) is 0 Å². The summed E-state index contributed by atoms with van der Waals surface area (Å²) in [6.45, 7) is 0. The first-order valence-electron chi connectivity index (χ1n) is 3.62. The molecule has 0 bridgehead atoms. The van der Waals surface area contributed by atoms with Crippen molar-refractivity contribution in [1.82, 2.24) is 0 Å². The van der Waals surface area contributed by atoms with Gasteiger partial charge in [-0.05, 0) is 17.5 Å². The summed E-state index contributed by atoms with van der Waals surface area (Å²) < 4.78 is 1.09. The zero-order valence-electron chi connectivity index (χ0n) is 6.22. The highest BCUT2D eigenvalue weighted by Gasteiger charge is 1.99. The summed E-state index contributed by atoms with van der Waals surface area (Å²) in [6.07, 6.45) is 0. The van der Waals surface area contributed by atoms with Crippen LogP contribution in [0.1, 0.15) is 0 Å². The van der Waals surface area contributed by atoms with Crippen LogP contribution >= 0.6 is 27.5 Å². The fraction of sp³-hybridized carbons (Fsp3) is 0. The minimum Gasteiger partial charge on any atom is -0.0837 e. The quantitative estimate of drug-likeness (QED) is 0.647. The van der Waals surface area contributed by atoms with Gasteiger partial charge in [0.1, 0.15) is 0 Å². The lowest BCUT2D eigenvalue weighted by atomic mass is 10.1. The SMILES string of the molecule is Clc1cccc2c(Br)cccc12. The second-order valence-corrected chi connectivity index (χ2v) is 3.84. The predicted octanol–water partition coefficient (Wildman–Crippen LogP) is 4.26. The van der Waals surface area contributed by atoms with Crippen molar-refractivity contribution in [1.29, 1.82) is 0 Å². The molecule has 0 aromatic heterocycles. The third-order valence-electron chi connectivity index (χ3n) is 1.82. The van der Waals surface area contributed by atoms with Gasteiger partial charge >= 0.3 is 0 Å². The van der Waals surface area contributed by atoms with E-state index in [1.807, 2.05) is 36.4 Å². The molecule has 12 heavy (non-hydrogen) atoms. The van der Waals surface area contributed by atoms with E-state index in [-0.39, 0.29) is 0 Å². The van der Waals surface area contributed by atoms with E-state index in [9.17, 15) is 0 Å². The highest BCUT2D eigenvalue weighted by Crippen LogP contribution is 2.28. The van der Waals surface area contributed by atoms with Crippen LogP contribution in [0.2, 0.25) is 5.02 Å². The Bertz CT molecular complexity index is 382. The summed E-state index contributed by atoms with van der Waals surface area (Å²) >= 11 is 9.48. The third kappa shape index (κ3) is 1.23. The highest BCUT2D eigenvalue weighted by molar-refractivity contribution is 9.10. The number of hydrogen-bond acceptors (Lipinski definition) is 0. The molecule has 0 amide bonds. The maximum absolute atomic E-state index is 6.01. The molecular formula is C10H6BrCl. The first-order valence-corrected chi connectivity index (χ1v) is 4.79. The smallest absolute Gasteiger partial charge is 0.0484 e. The number of rotatable bonds is 0. The Hall–Kier alpha value is -0.530. The van der Waals surface area contributed by atoms with Crippen LogP contribution in [0, 0.1) is 0 Å². The molecule has 0 spiro atoms. The fourth-order valence-electron chi connectivity index (χ4n) is 1.23. The van der Waals surface area contributed by atoms with Crippen molar-refractivity contribution in [3.63, 3.8) is 0 Å². The summed E-state index contributed by atoms with van der Waals surface area (Å²) in [5, 5.41) is 3.05. The summed E-state index contributed by atoms with van der Waals surface area (Å²) in [5.41, 5.74) is 0. The molecular weight excluding hydrogens is 235 g/mol. The van der Waals surface area contributed by atoms with Gasteiger partial charge in [-0.3, -0.25) is 0 Å². The molecule has 0 atom stereocenters. The number of halogens is 2. The zero-order valence-corrected chi connectivity index (χ0v) is 8.56. The Balaban J connectivity index is 2.94. The molecule has 0 saturated carbocycles. The summed E-state index contributed by atoms with van der Waals surface area (Å²) in [7, 11) is 0. The molecule has 0 fully saturated rings. The van der Waals surface area contributed by atoms with Gasteiger partial charge in [-0.1, -0.05) is 51.8 Å². The average Bonchev–Trinajstić information content (AvgIpc) is 2.07. The van der Waals surface area contributed by atoms with Crippen LogP contribution in [0.3, 0.4) is 0 Å². The van der Waals surface area contributed by atoms with Crippen LogP contribution in [0.5, 0.6) is 0 Å². The standard InChI is InChI=1S/C10H6BrCl/c11-9-5-1-4-8-7(9)3-2-6-10(8)12/h1-6H. The van der Waals surface area contributed by atoms with Gasteiger partial charge in [-0.2, -0.15) is 0 Å². The van der Waals surface area contributed by atoms with Crippen molar-refractivity contribution in [2.24, 2.45) is 0 Å². The summed E-state index contributed by atoms with van der Waals surface area (Å²) in [5.74, 6) is 0. The van der Waals surface area contributed by atoms with Gasteiger partial charge in [-0.15, -0.1) is 0 Å². The highest BCUT2D eigenvalue weighted by atomic mass is 79.9. The van der Waals surface area contributed by atoms with Crippen molar-refractivity contribution in [3.8, 4) is 0 Å². The monoisotopic (exact) mass is 240 g/mol. The van der Waals surface area contributed by atoms with Crippen LogP contribution in [0.15, 0.2) is 40.9 Å². The Morgan fingerprint density at radius 2 is 1.58 bits per heavy atom. The Morgan fingerprint density at radius 1 is 0.917 bits per heavy atom. The first kappa shape index (κ1) is 8.09. The molecule has 0 unspecified atom stereocenters. The minimum atomic E-state index is 0.800. The summed E-state index contributed by atoms with van der Waals surface area (Å²) in [4.78, 5) is 0. The molecule has 0 aliphatic heterocycles. The predicted molar refractivity (Wildman–Crippen MR) is 56.7 cm³/mol. The van der Waals surface area contributed by atoms with E-state index in [1.54, 1.807) is 0 Å². The van der Waals surface area contributed by atoms with Gasteiger partial charge in [0, 0.05) is 14.9 Å². The molecule has 60 valence electrons. The van der Waals surface area contributed by atoms with E-state index in [4.69, 9.17) is 11.6 Å². The van der Waals surface area contributed by atoms with Crippen LogP contribution in [0.25, 0.3) is 10.8 Å². The second-order valence-electron chi connectivity index (χ2n) is 2.57. The Kier molecular flexibility index (Phi) is 2.07. The number of fused-ring (bicyclic) bond motifs is 1. The maximum atomic E-state index is 6.01. The van der Waals surface area contributed by atoms with E-state index in [2.05, 4.69) is 15.9 Å². The molecule has 0 aliphatic rings. The van der Waals surface area contributed by atoms with Crippen molar-refractivity contribution >= 4 is 38.3 Å². The largest absolute Gasteiger partial charge is 0.0837 e. The lowest BCUT2D eigenvalue weighted by Crippen LogP contribution is -1.74. The van der Waals surface area contributed by atoms with E-state index >= 15 is 0 Å². The Labute approximate surface area is 84.3 Å². The van der Waals surface area contributed by atoms with E-state index in [1.165, 1.54) is 0 Å². The molecule has 2 heteroatoms. The van der Waals surface area contributed by atoms with Crippen molar-refractivity contribution in [2.75, 3.05) is 0 Å². The fourth-order valence-corrected chi connectivity index (χ4v) is 1.97. The second kappa shape index (κ2) is 3.08. The maximum Gasteiger partial charge on any atom is 0.0484 e. The van der Waals surface area contributed by atoms with Gasteiger partial charge in [0.25, 0.3) is 0 Å². The molecule has 0 heterocycles. The van der Waals surface area contributed by atoms with Gasteiger partial charge in [0.2, 0.25) is 0 Å². The third-order valence-corrected chi connectivity index (χ3v) is 2.84. The molecule has 0 N–H and O–H groups in total. The van der Waals surface area contributed by atoms with Crippen molar-refractivity contribution in [3.05, 3.63) is 45.9 Å². The molecule has 0 radical (unpaired) electrons. The van der Waals surface area contributed by atoms with Gasteiger partial charge in [0.05, 0.1) is 0 Å². The van der Waals surface area contributed by atoms with Crippen molar-refractivity contribution in [2.45, 2.75) is 0 Å². The molecule has 2 aromatic rings. The minimum absolute atomic E-state index is 0.800. The van der Waals surface area contributed by atoms with Crippen molar-refractivity contribution < 1.29 is 0 Å². The Morgan fingerprint density at radius 3 is 2.33 bits per heavy atom. The normalized spacial score (nSPS) is 10.5. The summed E-state index contributed by atoms with van der Waals surface area (Å²) in [6, 6.07) is 11.9. The van der Waals surface area contributed by atoms with E-state index in [0.717, 1.165) is 20.3 Å². The van der Waals surface area contributed by atoms with E-state index < -0.39 is 0 Å². The first-order chi connectivity index (χ1) is 5.79. The molecule has 0 aliphatic carbocycles. The molecule has 0 saturated heterocycles. The van der Waals surface area contributed by atoms with E-state index in [0.29, 0.717) is 0 Å². The van der Waals surface area contributed by atoms with Crippen LogP contribution in [-0.2, 0) is 0 Å². The van der Waals surface area contributed by atoms with Crippen LogP contribution in [-0.4, -0.2) is 0 Å². The van der Waals surface area contributed by atoms with Gasteiger partial charge in [-0.25, -0.2) is 0 Å². The van der Waals surface area contributed by atoms with Gasteiger partial charge < -0.3 is 0 Å². The average molecular weight is 242 g/mol. The van der Waals surface area contributed by atoms with Crippen LogP contribution < -0.4 is 0 Å². The lowest BCUT2D eigenvalue weighted by molar-refractivity contribution is 1.71. The number of benzene rings is 2. The molecule has 2 aromatic carbocycles. The zero-order chi connectivity index (χ0) is 8.55. The molecule has 2 rings (SSSR count). The number of hydrogen-bond donors (Lipinski definition) is 0.